The fourth-order valence-electron chi connectivity index (χ4n) is 1.19. The average molecular weight is 257 g/mol. The van der Waals surface area contributed by atoms with Crippen LogP contribution in [-0.4, -0.2) is 32.1 Å². The van der Waals surface area contributed by atoms with Gasteiger partial charge < -0.3 is 14.8 Å². The van der Waals surface area contributed by atoms with Crippen LogP contribution in [0.1, 0.15) is 27.0 Å². The van der Waals surface area contributed by atoms with E-state index in [1.165, 1.54) is 26.5 Å². The lowest BCUT2D eigenvalue weighted by atomic mass is 10.2. The van der Waals surface area contributed by atoms with Gasteiger partial charge in [0.25, 0.3) is 0 Å². The van der Waals surface area contributed by atoms with Gasteiger partial charge in [0.15, 0.2) is 0 Å². The number of rotatable bonds is 3. The minimum absolute atomic E-state index is 0.0135. The summed E-state index contributed by atoms with van der Waals surface area (Å²) < 4.78 is 9.10. The number of thiophene rings is 1. The number of esters is 2. The van der Waals surface area contributed by atoms with Crippen LogP contribution in [0.15, 0.2) is 5.38 Å². The normalized spacial score (nSPS) is 9.59. The summed E-state index contributed by atoms with van der Waals surface area (Å²) in [7, 11) is 2.40. The van der Waals surface area contributed by atoms with E-state index in [2.05, 4.69) is 14.8 Å². The molecular weight excluding hydrogens is 246 g/mol. The predicted octanol–water partition coefficient (Wildman–Crippen LogP) is 1.28. The van der Waals surface area contributed by atoms with Crippen molar-refractivity contribution in [2.75, 3.05) is 19.5 Å². The van der Waals surface area contributed by atoms with Gasteiger partial charge in [0, 0.05) is 12.3 Å². The van der Waals surface area contributed by atoms with E-state index in [9.17, 15) is 14.4 Å². The molecule has 0 aromatic carbocycles. The monoisotopic (exact) mass is 257 g/mol. The fourth-order valence-corrected chi connectivity index (χ4v) is 2.09. The molecule has 1 aromatic rings. The molecule has 0 spiro atoms. The van der Waals surface area contributed by atoms with Gasteiger partial charge in [-0.3, -0.25) is 4.79 Å². The molecule has 1 aromatic heterocycles. The third-order valence-corrected chi connectivity index (χ3v) is 2.82. The van der Waals surface area contributed by atoms with E-state index < -0.39 is 11.9 Å². The number of nitrogens with one attached hydrogen (secondary N) is 1. The van der Waals surface area contributed by atoms with Gasteiger partial charge in [-0.25, -0.2) is 9.59 Å². The van der Waals surface area contributed by atoms with Crippen molar-refractivity contribution in [2.45, 2.75) is 6.92 Å². The molecule has 7 heteroatoms. The van der Waals surface area contributed by atoms with E-state index in [-0.39, 0.29) is 22.0 Å². The first kappa shape index (κ1) is 13.2. The Balaban J connectivity index is 3.24. The molecule has 1 N–H and O–H groups in total. The van der Waals surface area contributed by atoms with Crippen molar-refractivity contribution in [3.8, 4) is 0 Å². The third kappa shape index (κ3) is 2.82. The Bertz CT molecular complexity index is 465. The summed E-state index contributed by atoms with van der Waals surface area (Å²) in [6, 6.07) is 0. The van der Waals surface area contributed by atoms with E-state index in [4.69, 9.17) is 0 Å². The van der Waals surface area contributed by atoms with Gasteiger partial charge in [-0.05, 0) is 0 Å². The van der Waals surface area contributed by atoms with Crippen molar-refractivity contribution >= 4 is 34.9 Å². The average Bonchev–Trinajstić information content (AvgIpc) is 2.69. The van der Waals surface area contributed by atoms with Gasteiger partial charge in [0.05, 0.1) is 19.9 Å². The number of methoxy groups -OCH3 is 2. The largest absolute Gasteiger partial charge is 0.465 e. The van der Waals surface area contributed by atoms with Crippen LogP contribution in [0.4, 0.5) is 5.69 Å². The zero-order chi connectivity index (χ0) is 13.0. The first-order valence-electron chi connectivity index (χ1n) is 4.57. The molecule has 0 bridgehead atoms. The summed E-state index contributed by atoms with van der Waals surface area (Å²) in [6.45, 7) is 1.30. The minimum atomic E-state index is -0.699. The zero-order valence-electron chi connectivity index (χ0n) is 9.53. The summed E-state index contributed by atoms with van der Waals surface area (Å²) in [4.78, 5) is 34.0. The van der Waals surface area contributed by atoms with Crippen molar-refractivity contribution in [3.05, 3.63) is 15.8 Å². The number of hydrogen-bond acceptors (Lipinski definition) is 6. The first-order valence-corrected chi connectivity index (χ1v) is 5.45. The number of amides is 1. The maximum Gasteiger partial charge on any atom is 0.349 e. The van der Waals surface area contributed by atoms with Crippen LogP contribution in [0, 0.1) is 0 Å². The highest BCUT2D eigenvalue weighted by atomic mass is 32.1. The first-order chi connectivity index (χ1) is 8.01. The molecule has 0 unspecified atom stereocenters. The molecule has 0 fully saturated rings. The van der Waals surface area contributed by atoms with E-state index in [1.54, 1.807) is 0 Å². The lowest BCUT2D eigenvalue weighted by molar-refractivity contribution is -0.114. The quantitative estimate of drug-likeness (QED) is 0.825. The summed E-state index contributed by atoms with van der Waals surface area (Å²) in [6.07, 6.45) is 0. The zero-order valence-corrected chi connectivity index (χ0v) is 10.3. The van der Waals surface area contributed by atoms with E-state index >= 15 is 0 Å². The Morgan fingerprint density at radius 2 is 1.76 bits per heavy atom. The lowest BCUT2D eigenvalue weighted by Gasteiger charge is -2.04. The van der Waals surface area contributed by atoms with E-state index in [0.29, 0.717) is 0 Å². The molecule has 0 saturated heterocycles. The van der Waals surface area contributed by atoms with Crippen LogP contribution in [0.2, 0.25) is 0 Å². The Morgan fingerprint density at radius 1 is 1.18 bits per heavy atom. The maximum absolute atomic E-state index is 11.5. The Kier molecular flexibility index (Phi) is 4.22. The highest BCUT2D eigenvalue weighted by Gasteiger charge is 2.25. The molecule has 0 aliphatic rings. The second kappa shape index (κ2) is 5.44. The van der Waals surface area contributed by atoms with Crippen molar-refractivity contribution in [1.29, 1.82) is 0 Å². The van der Waals surface area contributed by atoms with Gasteiger partial charge in [0.1, 0.15) is 10.4 Å². The van der Waals surface area contributed by atoms with Gasteiger partial charge in [-0.2, -0.15) is 0 Å². The Morgan fingerprint density at radius 3 is 2.24 bits per heavy atom. The maximum atomic E-state index is 11.5. The Labute approximate surface area is 102 Å². The lowest BCUT2D eigenvalue weighted by Crippen LogP contribution is -2.13. The molecule has 6 nitrogen and oxygen atoms in total. The van der Waals surface area contributed by atoms with Crippen LogP contribution in [-0.2, 0) is 14.3 Å². The van der Waals surface area contributed by atoms with Crippen LogP contribution in [0.5, 0.6) is 0 Å². The van der Waals surface area contributed by atoms with Crippen LogP contribution < -0.4 is 5.32 Å². The highest BCUT2D eigenvalue weighted by Crippen LogP contribution is 2.28. The fraction of sp³-hybridized carbons (Fsp3) is 0.300. The van der Waals surface area contributed by atoms with Crippen molar-refractivity contribution in [2.24, 2.45) is 0 Å². The van der Waals surface area contributed by atoms with Gasteiger partial charge in [-0.15, -0.1) is 11.3 Å². The molecule has 1 rings (SSSR count). The second-order valence-corrected chi connectivity index (χ2v) is 3.90. The van der Waals surface area contributed by atoms with Gasteiger partial charge >= 0.3 is 11.9 Å². The van der Waals surface area contributed by atoms with Crippen molar-refractivity contribution in [3.63, 3.8) is 0 Å². The number of hydrogen-bond donors (Lipinski definition) is 1. The number of carbonyl (C=O) groups excluding carboxylic acids is 3. The van der Waals surface area contributed by atoms with Gasteiger partial charge in [-0.1, -0.05) is 0 Å². The number of ether oxygens (including phenoxy) is 2. The molecule has 0 aliphatic heterocycles. The van der Waals surface area contributed by atoms with Crippen molar-refractivity contribution < 1.29 is 23.9 Å². The SMILES string of the molecule is COC(=O)c1scc(NC(C)=O)c1C(=O)OC. The molecule has 0 saturated carbocycles. The van der Waals surface area contributed by atoms with Crippen LogP contribution >= 0.6 is 11.3 Å². The minimum Gasteiger partial charge on any atom is -0.465 e. The Hall–Kier alpha value is -1.89. The second-order valence-electron chi connectivity index (χ2n) is 3.02. The van der Waals surface area contributed by atoms with E-state index in [1.807, 2.05) is 0 Å². The summed E-state index contributed by atoms with van der Waals surface area (Å²) in [5.74, 6) is -1.69. The third-order valence-electron chi connectivity index (χ3n) is 1.86. The highest BCUT2D eigenvalue weighted by molar-refractivity contribution is 7.13. The van der Waals surface area contributed by atoms with E-state index in [0.717, 1.165) is 11.3 Å². The van der Waals surface area contributed by atoms with Crippen LogP contribution in [0.25, 0.3) is 0 Å². The predicted molar refractivity (Wildman–Crippen MR) is 61.3 cm³/mol. The van der Waals surface area contributed by atoms with Crippen LogP contribution in [0.3, 0.4) is 0 Å². The summed E-state index contributed by atoms with van der Waals surface area (Å²) in [5, 5.41) is 3.94. The molecule has 1 heterocycles. The molecule has 92 valence electrons. The summed E-state index contributed by atoms with van der Waals surface area (Å²) in [5.41, 5.74) is 0.259. The molecular formula is C10H11NO5S. The van der Waals surface area contributed by atoms with Gasteiger partial charge in [0.2, 0.25) is 5.91 Å². The number of carbonyl (C=O) groups is 3. The summed E-state index contributed by atoms with van der Waals surface area (Å²) >= 11 is 1.00. The molecule has 1 amide bonds. The topological polar surface area (TPSA) is 81.7 Å². The van der Waals surface area contributed by atoms with Crippen molar-refractivity contribution in [1.82, 2.24) is 0 Å². The number of anilines is 1. The molecule has 0 radical (unpaired) electrons. The smallest absolute Gasteiger partial charge is 0.349 e. The standard InChI is InChI=1S/C10H11NO5S/c1-5(12)11-6-4-17-8(10(14)16-3)7(6)9(13)15-2/h4H,1-3H3,(H,11,12). The molecule has 0 atom stereocenters. The molecule has 0 aliphatic carbocycles. The molecule has 17 heavy (non-hydrogen) atoms.